The van der Waals surface area contributed by atoms with Crippen molar-refractivity contribution in [3.63, 3.8) is 0 Å². The molecule has 5 rings (SSSR count). The van der Waals surface area contributed by atoms with E-state index in [2.05, 4.69) is 62.2 Å². The highest BCUT2D eigenvalue weighted by Crippen LogP contribution is 2.44. The second-order valence-corrected chi connectivity index (χ2v) is 8.89. The number of fused-ring (bicyclic) bond motifs is 1. The fraction of sp³-hybridized carbons (Fsp3) is 0.500. The number of nitrogens with zero attached hydrogens (tertiary/aromatic N) is 5. The summed E-state index contributed by atoms with van der Waals surface area (Å²) in [5.41, 5.74) is 2.57. The van der Waals surface area contributed by atoms with Crippen molar-refractivity contribution in [1.82, 2.24) is 29.4 Å². The number of piperidine rings is 2. The highest BCUT2D eigenvalue weighted by Gasteiger charge is 2.41. The lowest BCUT2D eigenvalue weighted by Gasteiger charge is -2.49. The number of aromatic amines is 1. The van der Waals surface area contributed by atoms with E-state index in [9.17, 15) is 4.79 Å². The minimum atomic E-state index is -0.101. The predicted molar refractivity (Wildman–Crippen MR) is 112 cm³/mol. The van der Waals surface area contributed by atoms with Crippen molar-refractivity contribution in [3.8, 4) is 0 Å². The molecule has 0 unspecified atom stereocenters. The van der Waals surface area contributed by atoms with Crippen molar-refractivity contribution in [1.29, 1.82) is 0 Å². The molecule has 1 aromatic carbocycles. The van der Waals surface area contributed by atoms with E-state index in [4.69, 9.17) is 0 Å². The molecule has 2 saturated heterocycles. The molecule has 0 amide bonds. The zero-order valence-corrected chi connectivity index (χ0v) is 16.9. The summed E-state index contributed by atoms with van der Waals surface area (Å²) >= 11 is 0. The highest BCUT2D eigenvalue weighted by atomic mass is 16.1. The van der Waals surface area contributed by atoms with Crippen LogP contribution in [-0.2, 0) is 6.54 Å². The van der Waals surface area contributed by atoms with E-state index in [-0.39, 0.29) is 5.56 Å². The summed E-state index contributed by atoms with van der Waals surface area (Å²) in [5.74, 6) is 1.06. The van der Waals surface area contributed by atoms with Crippen LogP contribution < -0.4 is 5.56 Å². The quantitative estimate of drug-likeness (QED) is 0.739. The van der Waals surface area contributed by atoms with Gasteiger partial charge in [0, 0.05) is 25.7 Å². The van der Waals surface area contributed by atoms with Gasteiger partial charge in [-0.25, -0.2) is 9.97 Å². The van der Waals surface area contributed by atoms with E-state index in [0.717, 1.165) is 25.3 Å². The average Bonchev–Trinajstić information content (AvgIpc) is 3.19. The van der Waals surface area contributed by atoms with Gasteiger partial charge < -0.3 is 4.90 Å². The molecule has 1 atom stereocenters. The van der Waals surface area contributed by atoms with Crippen molar-refractivity contribution in [2.75, 3.05) is 33.2 Å². The minimum absolute atomic E-state index is 0.101. The van der Waals surface area contributed by atoms with Crippen LogP contribution in [0.3, 0.4) is 0 Å². The lowest BCUT2D eigenvalue weighted by molar-refractivity contribution is 0.0215. The SMILES string of the molecule is CN1C[C@@H](c2ccccc2)CC2(CCN(Cc3cc(=O)n4[nH]cnc4n3)CC2)C1. The van der Waals surface area contributed by atoms with Crippen molar-refractivity contribution < 1.29 is 0 Å². The van der Waals surface area contributed by atoms with Crippen LogP contribution in [0.5, 0.6) is 0 Å². The van der Waals surface area contributed by atoms with E-state index < -0.39 is 0 Å². The van der Waals surface area contributed by atoms with Crippen LogP contribution in [0.1, 0.15) is 36.4 Å². The van der Waals surface area contributed by atoms with E-state index in [0.29, 0.717) is 23.7 Å². The summed E-state index contributed by atoms with van der Waals surface area (Å²) in [6.45, 7) is 5.15. The Hall–Kier alpha value is -2.51. The molecule has 0 saturated carbocycles. The van der Waals surface area contributed by atoms with Gasteiger partial charge in [0.25, 0.3) is 11.3 Å². The average molecular weight is 393 g/mol. The minimum Gasteiger partial charge on any atom is -0.305 e. The zero-order valence-electron chi connectivity index (χ0n) is 16.9. The van der Waals surface area contributed by atoms with E-state index in [1.165, 1.54) is 42.2 Å². The Labute approximate surface area is 170 Å². The van der Waals surface area contributed by atoms with Gasteiger partial charge in [0.05, 0.1) is 5.69 Å². The smallest absolute Gasteiger partial charge is 0.274 e. The molecule has 0 radical (unpaired) electrons. The molecule has 29 heavy (non-hydrogen) atoms. The first-order valence-corrected chi connectivity index (χ1v) is 10.5. The van der Waals surface area contributed by atoms with Gasteiger partial charge in [-0.3, -0.25) is 14.8 Å². The van der Waals surface area contributed by atoms with Gasteiger partial charge in [0.1, 0.15) is 6.33 Å². The number of nitrogens with one attached hydrogen (secondary N) is 1. The molecule has 4 heterocycles. The first kappa shape index (κ1) is 18.5. The number of rotatable bonds is 3. The number of aromatic nitrogens is 4. The summed E-state index contributed by atoms with van der Waals surface area (Å²) in [6, 6.07) is 12.6. The summed E-state index contributed by atoms with van der Waals surface area (Å²) in [7, 11) is 2.26. The van der Waals surface area contributed by atoms with Gasteiger partial charge in [0.15, 0.2) is 0 Å². The standard InChI is InChI=1S/C22H28N6O/c1-26-13-18(17-5-3-2-4-6-17)12-22(15-26)7-9-27(10-8-22)14-19-11-20(29)28-21(25-19)23-16-24-28/h2-6,11,16,18H,7-10,12-15H2,1H3,(H,23,24,25)/t18-/m0/s1. The Balaban J connectivity index is 1.27. The van der Waals surface area contributed by atoms with E-state index in [1.54, 1.807) is 6.07 Å². The Morgan fingerprint density at radius 1 is 1.21 bits per heavy atom. The Morgan fingerprint density at radius 3 is 2.79 bits per heavy atom. The Kier molecular flexibility index (Phi) is 4.72. The van der Waals surface area contributed by atoms with Crippen LogP contribution in [0.2, 0.25) is 0 Å². The van der Waals surface area contributed by atoms with Gasteiger partial charge in [-0.05, 0) is 56.3 Å². The van der Waals surface area contributed by atoms with Crippen LogP contribution >= 0.6 is 0 Å². The lowest BCUT2D eigenvalue weighted by atomic mass is 9.68. The molecule has 2 fully saturated rings. The van der Waals surface area contributed by atoms with Gasteiger partial charge in [-0.2, -0.15) is 4.52 Å². The van der Waals surface area contributed by atoms with Crippen molar-refractivity contribution >= 4 is 5.78 Å². The van der Waals surface area contributed by atoms with Gasteiger partial charge in [0.2, 0.25) is 0 Å². The topological polar surface area (TPSA) is 69.5 Å². The number of likely N-dealkylation sites (tertiary alicyclic amines) is 2. The largest absolute Gasteiger partial charge is 0.305 e. The summed E-state index contributed by atoms with van der Waals surface area (Å²) in [5, 5.41) is 2.79. The van der Waals surface area contributed by atoms with Crippen molar-refractivity contribution in [3.05, 3.63) is 64.3 Å². The van der Waals surface area contributed by atoms with Crippen LogP contribution in [0.15, 0.2) is 47.5 Å². The zero-order chi connectivity index (χ0) is 19.8. The number of H-pyrrole nitrogens is 1. The molecule has 0 bridgehead atoms. The van der Waals surface area contributed by atoms with Crippen LogP contribution in [-0.4, -0.2) is 62.6 Å². The molecular formula is C22H28N6O. The predicted octanol–water partition coefficient (Wildman–Crippen LogP) is 2.12. The highest BCUT2D eigenvalue weighted by molar-refractivity contribution is 5.26. The third-order valence-corrected chi connectivity index (χ3v) is 6.71. The first-order chi connectivity index (χ1) is 14.1. The first-order valence-electron chi connectivity index (χ1n) is 10.5. The molecule has 2 aromatic heterocycles. The Morgan fingerprint density at radius 2 is 2.00 bits per heavy atom. The van der Waals surface area contributed by atoms with Gasteiger partial charge in [-0.15, -0.1) is 0 Å². The van der Waals surface area contributed by atoms with Gasteiger partial charge >= 0.3 is 0 Å². The third kappa shape index (κ3) is 3.72. The summed E-state index contributed by atoms with van der Waals surface area (Å²) in [6.07, 6.45) is 5.17. The summed E-state index contributed by atoms with van der Waals surface area (Å²) in [4.78, 5) is 25.8. The van der Waals surface area contributed by atoms with Crippen LogP contribution in [0.25, 0.3) is 5.78 Å². The fourth-order valence-electron chi connectivity index (χ4n) is 5.34. The van der Waals surface area contributed by atoms with E-state index >= 15 is 0 Å². The van der Waals surface area contributed by atoms with Crippen LogP contribution in [0, 0.1) is 5.41 Å². The van der Waals surface area contributed by atoms with E-state index in [1.807, 2.05) is 0 Å². The lowest BCUT2D eigenvalue weighted by Crippen LogP contribution is -2.50. The summed E-state index contributed by atoms with van der Waals surface area (Å²) < 4.78 is 1.37. The number of likely N-dealkylation sites (N-methyl/N-ethyl adjacent to an activating group) is 1. The Bertz CT molecular complexity index is 1030. The second kappa shape index (κ2) is 7.39. The maximum atomic E-state index is 12.2. The van der Waals surface area contributed by atoms with Crippen molar-refractivity contribution in [2.24, 2.45) is 5.41 Å². The molecule has 3 aromatic rings. The fourth-order valence-corrected chi connectivity index (χ4v) is 5.34. The van der Waals surface area contributed by atoms with Crippen molar-refractivity contribution in [2.45, 2.75) is 31.7 Å². The maximum absolute atomic E-state index is 12.2. The molecule has 0 aliphatic carbocycles. The normalized spacial score (nSPS) is 23.0. The monoisotopic (exact) mass is 392 g/mol. The molecule has 1 N–H and O–H groups in total. The van der Waals surface area contributed by atoms with Gasteiger partial charge in [-0.1, -0.05) is 30.3 Å². The molecule has 152 valence electrons. The maximum Gasteiger partial charge on any atom is 0.274 e. The molecule has 1 spiro atoms. The second-order valence-electron chi connectivity index (χ2n) is 8.89. The molecule has 7 nitrogen and oxygen atoms in total. The number of hydrogen-bond acceptors (Lipinski definition) is 5. The van der Waals surface area contributed by atoms with Crippen LogP contribution in [0.4, 0.5) is 0 Å². The number of hydrogen-bond donors (Lipinski definition) is 1. The molecule has 2 aliphatic heterocycles. The third-order valence-electron chi connectivity index (χ3n) is 6.71. The molecule has 7 heteroatoms. The molecular weight excluding hydrogens is 364 g/mol. The molecule has 2 aliphatic rings. The number of benzene rings is 1.